The Morgan fingerprint density at radius 3 is 2.71 bits per heavy atom. The molecular formula is C19H19ClN2O2. The summed E-state index contributed by atoms with van der Waals surface area (Å²) in [6, 6.07) is 12.8. The smallest absolute Gasteiger partial charge is 0.227 e. The molecule has 0 atom stereocenters. The largest absolute Gasteiger partial charge is 0.436 e. The quantitative estimate of drug-likeness (QED) is 0.587. The maximum Gasteiger partial charge on any atom is 0.227 e. The van der Waals surface area contributed by atoms with Gasteiger partial charge < -0.3 is 9.73 Å². The van der Waals surface area contributed by atoms with Gasteiger partial charge in [0.1, 0.15) is 5.52 Å². The number of nitrogens with zero attached hydrogens (tertiary/aromatic N) is 1. The van der Waals surface area contributed by atoms with E-state index in [-0.39, 0.29) is 5.91 Å². The van der Waals surface area contributed by atoms with Crippen molar-refractivity contribution in [1.82, 2.24) is 4.98 Å². The number of hydrogen-bond acceptors (Lipinski definition) is 3. The molecular weight excluding hydrogens is 324 g/mol. The second kappa shape index (κ2) is 7.49. The molecule has 3 rings (SSSR count). The molecule has 0 unspecified atom stereocenters. The number of rotatable bonds is 6. The van der Waals surface area contributed by atoms with Crippen LogP contribution in [0, 0.1) is 0 Å². The lowest BCUT2D eigenvalue weighted by Gasteiger charge is -2.05. The highest BCUT2D eigenvalue weighted by Crippen LogP contribution is 2.27. The highest BCUT2D eigenvalue weighted by Gasteiger charge is 2.09. The summed E-state index contributed by atoms with van der Waals surface area (Å²) in [7, 11) is 0. The Bertz CT molecular complexity index is 840. The number of halogens is 1. The molecule has 0 aliphatic carbocycles. The molecule has 24 heavy (non-hydrogen) atoms. The van der Waals surface area contributed by atoms with Gasteiger partial charge in [0.15, 0.2) is 5.58 Å². The van der Waals surface area contributed by atoms with Crippen molar-refractivity contribution in [2.75, 3.05) is 5.32 Å². The summed E-state index contributed by atoms with van der Waals surface area (Å²) in [5, 5.41) is 3.53. The van der Waals surface area contributed by atoms with Crippen molar-refractivity contribution in [2.45, 2.75) is 32.6 Å². The van der Waals surface area contributed by atoms with Crippen LogP contribution in [0.1, 0.15) is 32.6 Å². The summed E-state index contributed by atoms with van der Waals surface area (Å²) in [6.07, 6.45) is 3.67. The maximum atomic E-state index is 11.8. The minimum absolute atomic E-state index is 0.0488. The van der Waals surface area contributed by atoms with E-state index in [1.54, 1.807) is 18.2 Å². The molecule has 0 fully saturated rings. The van der Waals surface area contributed by atoms with Crippen LogP contribution in [-0.4, -0.2) is 10.9 Å². The van der Waals surface area contributed by atoms with Crippen LogP contribution >= 0.6 is 11.6 Å². The number of anilines is 1. The van der Waals surface area contributed by atoms with Gasteiger partial charge in [0.2, 0.25) is 11.8 Å². The predicted molar refractivity (Wildman–Crippen MR) is 97.2 cm³/mol. The molecule has 0 saturated carbocycles. The number of hydrogen-bond donors (Lipinski definition) is 1. The van der Waals surface area contributed by atoms with Crippen molar-refractivity contribution < 1.29 is 9.21 Å². The molecule has 4 nitrogen and oxygen atoms in total. The van der Waals surface area contributed by atoms with E-state index in [1.165, 1.54) is 0 Å². The standard InChI is InChI=1S/C19H19ClN2O2/c1-2-3-4-5-18(23)21-15-9-6-13(7-10-15)19-22-16-12-14(20)8-11-17(16)24-19/h6-12H,2-5H2,1H3,(H,21,23). The number of oxazole rings is 1. The lowest BCUT2D eigenvalue weighted by molar-refractivity contribution is -0.116. The third-order valence-electron chi connectivity index (χ3n) is 3.77. The predicted octanol–water partition coefficient (Wildman–Crippen LogP) is 5.67. The average molecular weight is 343 g/mol. The molecule has 0 aliphatic rings. The van der Waals surface area contributed by atoms with Gasteiger partial charge in [0.05, 0.1) is 0 Å². The number of unbranched alkanes of at least 4 members (excludes halogenated alkanes) is 2. The number of nitrogens with one attached hydrogen (secondary N) is 1. The number of benzene rings is 2. The Hall–Kier alpha value is -2.33. The molecule has 2 aromatic carbocycles. The molecule has 0 radical (unpaired) electrons. The van der Waals surface area contributed by atoms with Crippen LogP contribution in [0.2, 0.25) is 5.02 Å². The van der Waals surface area contributed by atoms with Crippen LogP contribution < -0.4 is 5.32 Å². The maximum absolute atomic E-state index is 11.8. The molecule has 3 aromatic rings. The summed E-state index contributed by atoms with van der Waals surface area (Å²) < 4.78 is 5.74. The summed E-state index contributed by atoms with van der Waals surface area (Å²) >= 11 is 5.97. The van der Waals surface area contributed by atoms with Crippen LogP contribution in [0.15, 0.2) is 46.9 Å². The summed E-state index contributed by atoms with van der Waals surface area (Å²) in [5.74, 6) is 0.584. The topological polar surface area (TPSA) is 55.1 Å². The summed E-state index contributed by atoms with van der Waals surface area (Å²) in [5.41, 5.74) is 3.05. The number of amides is 1. The van der Waals surface area contributed by atoms with E-state index < -0.39 is 0 Å². The van der Waals surface area contributed by atoms with E-state index >= 15 is 0 Å². The van der Waals surface area contributed by atoms with Crippen LogP contribution in [0.25, 0.3) is 22.6 Å². The van der Waals surface area contributed by atoms with Crippen LogP contribution in [0.3, 0.4) is 0 Å². The molecule has 1 N–H and O–H groups in total. The van der Waals surface area contributed by atoms with Gasteiger partial charge in [-0.1, -0.05) is 31.4 Å². The van der Waals surface area contributed by atoms with Crippen molar-refractivity contribution in [3.05, 3.63) is 47.5 Å². The van der Waals surface area contributed by atoms with Gasteiger partial charge in [0, 0.05) is 22.7 Å². The number of carbonyl (C=O) groups is 1. The van der Waals surface area contributed by atoms with E-state index in [1.807, 2.05) is 24.3 Å². The van der Waals surface area contributed by atoms with Gasteiger partial charge in [-0.2, -0.15) is 0 Å². The fraction of sp³-hybridized carbons (Fsp3) is 0.263. The third-order valence-corrected chi connectivity index (χ3v) is 4.01. The molecule has 0 aliphatic heterocycles. The first-order valence-electron chi connectivity index (χ1n) is 8.12. The van der Waals surface area contributed by atoms with Crippen LogP contribution in [0.4, 0.5) is 5.69 Å². The van der Waals surface area contributed by atoms with Crippen molar-refractivity contribution in [1.29, 1.82) is 0 Å². The second-order valence-corrected chi connectivity index (χ2v) is 6.15. The Morgan fingerprint density at radius 1 is 1.17 bits per heavy atom. The number of carbonyl (C=O) groups excluding carboxylic acids is 1. The minimum atomic E-state index is 0.0488. The van der Waals surface area contributed by atoms with Gasteiger partial charge >= 0.3 is 0 Å². The summed E-state index contributed by atoms with van der Waals surface area (Å²) in [4.78, 5) is 16.3. The monoisotopic (exact) mass is 342 g/mol. The van der Waals surface area contributed by atoms with E-state index in [9.17, 15) is 4.79 Å². The Kier molecular flexibility index (Phi) is 5.16. The molecule has 1 heterocycles. The molecule has 1 aromatic heterocycles. The first-order valence-corrected chi connectivity index (χ1v) is 8.50. The van der Waals surface area contributed by atoms with Crippen molar-refractivity contribution in [3.8, 4) is 11.5 Å². The first-order chi connectivity index (χ1) is 11.7. The summed E-state index contributed by atoms with van der Waals surface area (Å²) in [6.45, 7) is 2.12. The highest BCUT2D eigenvalue weighted by atomic mass is 35.5. The molecule has 1 amide bonds. The SMILES string of the molecule is CCCCCC(=O)Nc1ccc(-c2nc3cc(Cl)ccc3o2)cc1. The number of aromatic nitrogens is 1. The zero-order valence-electron chi connectivity index (χ0n) is 13.5. The van der Waals surface area contributed by atoms with Gasteiger partial charge in [-0.3, -0.25) is 4.79 Å². The van der Waals surface area contributed by atoms with Crippen LogP contribution in [-0.2, 0) is 4.79 Å². The highest BCUT2D eigenvalue weighted by molar-refractivity contribution is 6.31. The van der Waals surface area contributed by atoms with E-state index in [4.69, 9.17) is 16.0 Å². The van der Waals surface area contributed by atoms with Gasteiger partial charge in [-0.05, 0) is 48.9 Å². The van der Waals surface area contributed by atoms with Crippen molar-refractivity contribution in [3.63, 3.8) is 0 Å². The van der Waals surface area contributed by atoms with Gasteiger partial charge in [0.25, 0.3) is 0 Å². The molecule has 5 heteroatoms. The van der Waals surface area contributed by atoms with Gasteiger partial charge in [-0.15, -0.1) is 0 Å². The second-order valence-electron chi connectivity index (χ2n) is 5.71. The van der Waals surface area contributed by atoms with E-state index in [0.717, 1.165) is 36.0 Å². The third kappa shape index (κ3) is 3.95. The van der Waals surface area contributed by atoms with Crippen LogP contribution in [0.5, 0.6) is 0 Å². The van der Waals surface area contributed by atoms with Crippen molar-refractivity contribution >= 4 is 34.3 Å². The minimum Gasteiger partial charge on any atom is -0.436 e. The zero-order valence-corrected chi connectivity index (χ0v) is 14.3. The zero-order chi connectivity index (χ0) is 16.9. The number of fused-ring (bicyclic) bond motifs is 1. The molecule has 0 saturated heterocycles. The fourth-order valence-corrected chi connectivity index (χ4v) is 2.65. The fourth-order valence-electron chi connectivity index (χ4n) is 2.48. The lowest BCUT2D eigenvalue weighted by atomic mass is 10.2. The normalized spacial score (nSPS) is 10.9. The van der Waals surface area contributed by atoms with E-state index in [0.29, 0.717) is 22.9 Å². The van der Waals surface area contributed by atoms with E-state index in [2.05, 4.69) is 17.2 Å². The Balaban J connectivity index is 1.70. The molecule has 124 valence electrons. The molecule has 0 bridgehead atoms. The van der Waals surface area contributed by atoms with Gasteiger partial charge in [-0.25, -0.2) is 4.98 Å². The molecule has 0 spiro atoms. The first kappa shape index (κ1) is 16.5. The average Bonchev–Trinajstić information content (AvgIpc) is 2.99. The Morgan fingerprint density at radius 2 is 1.96 bits per heavy atom. The lowest BCUT2D eigenvalue weighted by Crippen LogP contribution is -2.10. The Labute approximate surface area is 145 Å². The van der Waals surface area contributed by atoms with Crippen molar-refractivity contribution in [2.24, 2.45) is 0 Å².